The summed E-state index contributed by atoms with van der Waals surface area (Å²) in [6.45, 7) is 0.482. The van der Waals surface area contributed by atoms with Crippen LogP contribution in [0.2, 0.25) is 0 Å². The molecule has 0 aliphatic carbocycles. The molecule has 0 saturated carbocycles. The van der Waals surface area contributed by atoms with Crippen LogP contribution in [0.25, 0.3) is 22.5 Å². The Hall–Kier alpha value is -3.40. The maximum Gasteiger partial charge on any atom is 0.573 e. The summed E-state index contributed by atoms with van der Waals surface area (Å²) in [4.78, 5) is 15.6. The number of benzene rings is 1. The van der Waals surface area contributed by atoms with Gasteiger partial charge < -0.3 is 15.6 Å². The number of ether oxygens (including phenoxy) is 1. The number of carboxylic acid groups (broad SMARTS) is 1. The zero-order valence-electron chi connectivity index (χ0n) is 14.3. The van der Waals surface area contributed by atoms with E-state index < -0.39 is 12.3 Å². The lowest BCUT2D eigenvalue weighted by Gasteiger charge is -2.09. The number of rotatable bonds is 6. The highest BCUT2D eigenvalue weighted by Gasteiger charge is 2.31. The first kappa shape index (κ1) is 19.4. The molecule has 0 fully saturated rings. The van der Waals surface area contributed by atoms with Gasteiger partial charge in [0, 0.05) is 23.9 Å². The molecule has 3 aromatic rings. The molecule has 0 amide bonds. The van der Waals surface area contributed by atoms with Crippen LogP contribution in [-0.2, 0) is 6.54 Å². The van der Waals surface area contributed by atoms with Gasteiger partial charge in [0.25, 0.3) is 0 Å². The molecule has 0 unspecified atom stereocenters. The van der Waals surface area contributed by atoms with E-state index in [0.717, 1.165) is 0 Å². The molecule has 3 N–H and O–H groups in total. The summed E-state index contributed by atoms with van der Waals surface area (Å²) in [7, 11) is 0. The van der Waals surface area contributed by atoms with Crippen LogP contribution in [0, 0.1) is 0 Å². The zero-order valence-corrected chi connectivity index (χ0v) is 14.3. The normalized spacial score (nSPS) is 11.4. The predicted molar refractivity (Wildman–Crippen MR) is 93.6 cm³/mol. The Kier molecular flexibility index (Phi) is 5.32. The molecule has 1 aromatic carbocycles. The second kappa shape index (κ2) is 7.69. The van der Waals surface area contributed by atoms with Crippen molar-refractivity contribution in [3.8, 4) is 28.3 Å². The molecule has 2 aromatic heterocycles. The molecule has 146 valence electrons. The zero-order chi connectivity index (χ0) is 20.3. The SMILES string of the molecule is NCCn1nc(-c2ccnc(-c3ccc(OC(F)(F)F)cc3)c2)cc1C(=O)O. The topological polar surface area (TPSA) is 103 Å². The summed E-state index contributed by atoms with van der Waals surface area (Å²) in [5.74, 6) is -1.46. The third-order valence-electron chi connectivity index (χ3n) is 3.78. The Bertz CT molecular complexity index is 984. The highest BCUT2D eigenvalue weighted by Crippen LogP contribution is 2.28. The molecular weight excluding hydrogens is 377 g/mol. The number of nitrogens with zero attached hydrogens (tertiary/aromatic N) is 3. The molecule has 3 rings (SSSR count). The molecule has 0 radical (unpaired) electrons. The number of carbonyl (C=O) groups is 1. The fourth-order valence-corrected chi connectivity index (χ4v) is 2.60. The monoisotopic (exact) mass is 392 g/mol. The fourth-order valence-electron chi connectivity index (χ4n) is 2.60. The van der Waals surface area contributed by atoms with Crippen molar-refractivity contribution in [1.82, 2.24) is 14.8 Å². The Balaban J connectivity index is 1.91. The minimum atomic E-state index is -4.76. The van der Waals surface area contributed by atoms with Gasteiger partial charge >= 0.3 is 12.3 Å². The minimum absolute atomic E-state index is 0.00691. The average molecular weight is 392 g/mol. The van der Waals surface area contributed by atoms with Gasteiger partial charge in [-0.25, -0.2) is 4.79 Å². The number of halogens is 3. The predicted octanol–water partition coefficient (Wildman–Crippen LogP) is 3.17. The van der Waals surface area contributed by atoms with E-state index in [4.69, 9.17) is 5.73 Å². The van der Waals surface area contributed by atoms with E-state index in [-0.39, 0.29) is 24.5 Å². The Labute approximate surface area is 157 Å². The van der Waals surface area contributed by atoms with Crippen LogP contribution in [0.5, 0.6) is 5.75 Å². The van der Waals surface area contributed by atoms with E-state index in [1.54, 1.807) is 12.1 Å². The molecule has 0 saturated heterocycles. The molecule has 2 heterocycles. The smallest absolute Gasteiger partial charge is 0.477 e. The summed E-state index contributed by atoms with van der Waals surface area (Å²) in [5, 5.41) is 13.5. The van der Waals surface area contributed by atoms with Crippen molar-refractivity contribution in [3.63, 3.8) is 0 Å². The van der Waals surface area contributed by atoms with E-state index in [1.165, 1.54) is 41.2 Å². The van der Waals surface area contributed by atoms with Gasteiger partial charge in [-0.1, -0.05) is 0 Å². The number of aromatic carboxylic acids is 1. The molecule has 0 bridgehead atoms. The second-order valence-corrected chi connectivity index (χ2v) is 5.73. The molecule has 0 atom stereocenters. The van der Waals surface area contributed by atoms with Crippen LogP contribution in [-0.4, -0.2) is 38.7 Å². The van der Waals surface area contributed by atoms with E-state index in [2.05, 4.69) is 14.8 Å². The maximum absolute atomic E-state index is 12.3. The molecule has 10 heteroatoms. The number of carboxylic acids is 1. The average Bonchev–Trinajstić information content (AvgIpc) is 3.06. The number of pyridine rings is 1. The standard InChI is InChI=1S/C18H15F3N4O3/c19-18(20,21)28-13-3-1-11(2-4-13)14-9-12(5-7-23-14)15-10-16(17(26)27)25(24-15)8-6-22/h1-5,7,9-10H,6,8,22H2,(H,26,27). The number of alkyl halides is 3. The molecular formula is C18H15F3N4O3. The highest BCUT2D eigenvalue weighted by atomic mass is 19.4. The van der Waals surface area contributed by atoms with Crippen molar-refractivity contribution < 1.29 is 27.8 Å². The molecule has 28 heavy (non-hydrogen) atoms. The highest BCUT2D eigenvalue weighted by molar-refractivity contribution is 5.87. The summed E-state index contributed by atoms with van der Waals surface area (Å²) in [6, 6.07) is 10.0. The van der Waals surface area contributed by atoms with Crippen molar-refractivity contribution in [2.75, 3.05) is 6.54 Å². The van der Waals surface area contributed by atoms with Gasteiger partial charge in [0.1, 0.15) is 11.4 Å². The summed E-state index contributed by atoms with van der Waals surface area (Å²) in [6.07, 6.45) is -3.25. The van der Waals surface area contributed by atoms with Crippen LogP contribution < -0.4 is 10.5 Å². The minimum Gasteiger partial charge on any atom is -0.477 e. The Morgan fingerprint density at radius 1 is 1.11 bits per heavy atom. The van der Waals surface area contributed by atoms with E-state index >= 15 is 0 Å². The van der Waals surface area contributed by atoms with Crippen LogP contribution in [0.4, 0.5) is 13.2 Å². The number of aromatic nitrogens is 3. The van der Waals surface area contributed by atoms with Gasteiger partial charge in [0.2, 0.25) is 0 Å². The van der Waals surface area contributed by atoms with Crippen molar-refractivity contribution in [2.24, 2.45) is 5.73 Å². The summed E-state index contributed by atoms with van der Waals surface area (Å²) < 4.78 is 41.9. The number of hydrogen-bond acceptors (Lipinski definition) is 5. The first-order chi connectivity index (χ1) is 13.3. The van der Waals surface area contributed by atoms with Gasteiger partial charge in [-0.3, -0.25) is 9.67 Å². The number of nitrogens with two attached hydrogens (primary N) is 1. The van der Waals surface area contributed by atoms with E-state index in [9.17, 15) is 23.1 Å². The van der Waals surface area contributed by atoms with Crippen molar-refractivity contribution in [3.05, 3.63) is 54.4 Å². The summed E-state index contributed by atoms with van der Waals surface area (Å²) >= 11 is 0. The van der Waals surface area contributed by atoms with Crippen LogP contribution in [0.3, 0.4) is 0 Å². The molecule has 7 nitrogen and oxygen atoms in total. The second-order valence-electron chi connectivity index (χ2n) is 5.73. The van der Waals surface area contributed by atoms with Crippen LogP contribution in [0.15, 0.2) is 48.7 Å². The molecule has 0 spiro atoms. The van der Waals surface area contributed by atoms with E-state index in [0.29, 0.717) is 22.5 Å². The summed E-state index contributed by atoms with van der Waals surface area (Å²) in [5.41, 5.74) is 7.58. The third kappa shape index (κ3) is 4.46. The quantitative estimate of drug-likeness (QED) is 0.668. The lowest BCUT2D eigenvalue weighted by molar-refractivity contribution is -0.274. The lowest BCUT2D eigenvalue weighted by Crippen LogP contribution is -2.16. The van der Waals surface area contributed by atoms with Crippen LogP contribution in [0.1, 0.15) is 10.5 Å². The van der Waals surface area contributed by atoms with Crippen LogP contribution >= 0.6 is 0 Å². The van der Waals surface area contributed by atoms with Gasteiger partial charge in [0.15, 0.2) is 0 Å². The lowest BCUT2D eigenvalue weighted by atomic mass is 10.1. The molecule has 0 aliphatic rings. The first-order valence-electron chi connectivity index (χ1n) is 8.10. The third-order valence-corrected chi connectivity index (χ3v) is 3.78. The van der Waals surface area contributed by atoms with Gasteiger partial charge in [-0.15, -0.1) is 13.2 Å². The van der Waals surface area contributed by atoms with Crippen molar-refractivity contribution in [1.29, 1.82) is 0 Å². The Morgan fingerprint density at radius 2 is 1.82 bits per heavy atom. The maximum atomic E-state index is 12.3. The van der Waals surface area contributed by atoms with Crippen molar-refractivity contribution in [2.45, 2.75) is 12.9 Å². The molecule has 0 aliphatic heterocycles. The first-order valence-corrected chi connectivity index (χ1v) is 8.10. The van der Waals surface area contributed by atoms with Gasteiger partial charge in [-0.2, -0.15) is 5.10 Å². The largest absolute Gasteiger partial charge is 0.573 e. The van der Waals surface area contributed by atoms with E-state index in [1.807, 2.05) is 0 Å². The van der Waals surface area contributed by atoms with Gasteiger partial charge in [0.05, 0.1) is 17.9 Å². The Morgan fingerprint density at radius 3 is 2.43 bits per heavy atom. The number of hydrogen-bond donors (Lipinski definition) is 2. The fraction of sp³-hybridized carbons (Fsp3) is 0.167. The van der Waals surface area contributed by atoms with Crippen molar-refractivity contribution >= 4 is 5.97 Å². The van der Waals surface area contributed by atoms with Gasteiger partial charge in [-0.05, 0) is 42.5 Å².